The monoisotopic (exact) mass is 331 g/mol. The van der Waals surface area contributed by atoms with Crippen molar-refractivity contribution in [3.05, 3.63) is 15.9 Å². The van der Waals surface area contributed by atoms with Gasteiger partial charge in [0.05, 0.1) is 14.7 Å². The largest absolute Gasteiger partial charge is 0.481 e. The van der Waals surface area contributed by atoms with E-state index in [0.717, 1.165) is 8.79 Å². The van der Waals surface area contributed by atoms with Crippen molar-refractivity contribution in [2.45, 2.75) is 25.7 Å². The van der Waals surface area contributed by atoms with Crippen molar-refractivity contribution in [3.8, 4) is 0 Å². The van der Waals surface area contributed by atoms with E-state index in [9.17, 15) is 9.59 Å². The molecule has 2 rings (SSSR count). The highest BCUT2D eigenvalue weighted by molar-refractivity contribution is 9.11. The molecule has 2 N–H and O–H groups in total. The molecule has 18 heavy (non-hydrogen) atoms. The zero-order valence-corrected chi connectivity index (χ0v) is 12.1. The number of carboxylic acid groups (broad SMARTS) is 1. The molecule has 0 saturated heterocycles. The van der Waals surface area contributed by atoms with E-state index in [1.807, 2.05) is 12.1 Å². The van der Waals surface area contributed by atoms with Crippen molar-refractivity contribution in [1.82, 2.24) is 0 Å². The van der Waals surface area contributed by atoms with Gasteiger partial charge in [-0.05, 0) is 53.7 Å². The van der Waals surface area contributed by atoms with E-state index >= 15 is 0 Å². The Bertz CT molecular complexity index is 452. The van der Waals surface area contributed by atoms with Crippen LogP contribution < -0.4 is 5.32 Å². The first-order chi connectivity index (χ1) is 8.56. The number of anilines is 1. The standard InChI is InChI=1S/C12H14BrNO3S/c13-9-5-6-10(18-9)14-11(15)7-1-3-8(4-2-7)12(16)17/h5-8H,1-4H2,(H,14,15)(H,16,17). The topological polar surface area (TPSA) is 66.4 Å². The van der Waals surface area contributed by atoms with Gasteiger partial charge >= 0.3 is 5.97 Å². The number of hydrogen-bond acceptors (Lipinski definition) is 3. The smallest absolute Gasteiger partial charge is 0.306 e. The Morgan fingerprint density at radius 2 is 1.83 bits per heavy atom. The second kappa shape index (κ2) is 5.84. The molecule has 1 aromatic rings. The third-order valence-corrected chi connectivity index (χ3v) is 4.81. The van der Waals surface area contributed by atoms with Gasteiger partial charge in [0.15, 0.2) is 0 Å². The number of carbonyl (C=O) groups excluding carboxylic acids is 1. The maximum atomic E-state index is 12.0. The molecule has 98 valence electrons. The third-order valence-electron chi connectivity index (χ3n) is 3.27. The van der Waals surface area contributed by atoms with E-state index < -0.39 is 5.97 Å². The summed E-state index contributed by atoms with van der Waals surface area (Å²) in [7, 11) is 0. The van der Waals surface area contributed by atoms with E-state index in [-0.39, 0.29) is 17.7 Å². The van der Waals surface area contributed by atoms with Crippen LogP contribution >= 0.6 is 27.3 Å². The SMILES string of the molecule is O=C(O)C1CCC(C(=O)Nc2ccc(Br)s2)CC1. The molecule has 0 radical (unpaired) electrons. The Balaban J connectivity index is 1.86. The lowest BCUT2D eigenvalue weighted by molar-refractivity contribution is -0.143. The molecule has 1 fully saturated rings. The summed E-state index contributed by atoms with van der Waals surface area (Å²) in [4.78, 5) is 22.8. The molecule has 1 aliphatic carbocycles. The normalized spacial score (nSPS) is 23.6. The first-order valence-electron chi connectivity index (χ1n) is 5.85. The number of halogens is 1. The minimum Gasteiger partial charge on any atom is -0.481 e. The molecular weight excluding hydrogens is 318 g/mol. The lowest BCUT2D eigenvalue weighted by Gasteiger charge is -2.24. The van der Waals surface area contributed by atoms with E-state index in [2.05, 4.69) is 21.2 Å². The molecular formula is C12H14BrNO3S. The van der Waals surface area contributed by atoms with E-state index in [4.69, 9.17) is 5.11 Å². The molecule has 1 aromatic heterocycles. The van der Waals surface area contributed by atoms with Gasteiger partial charge < -0.3 is 10.4 Å². The molecule has 0 spiro atoms. The second-order valence-electron chi connectivity index (χ2n) is 4.48. The number of rotatable bonds is 3. The van der Waals surface area contributed by atoms with Crippen LogP contribution in [0.5, 0.6) is 0 Å². The van der Waals surface area contributed by atoms with Gasteiger partial charge in [-0.3, -0.25) is 9.59 Å². The summed E-state index contributed by atoms with van der Waals surface area (Å²) in [5, 5.41) is 12.6. The molecule has 0 atom stereocenters. The van der Waals surface area contributed by atoms with Gasteiger partial charge in [0.1, 0.15) is 0 Å². The van der Waals surface area contributed by atoms with Crippen molar-refractivity contribution in [2.24, 2.45) is 11.8 Å². The van der Waals surface area contributed by atoms with Crippen molar-refractivity contribution in [1.29, 1.82) is 0 Å². The summed E-state index contributed by atoms with van der Waals surface area (Å²) >= 11 is 4.82. The van der Waals surface area contributed by atoms with Crippen LogP contribution in [0, 0.1) is 11.8 Å². The number of aliphatic carboxylic acids is 1. The number of carbonyl (C=O) groups is 2. The van der Waals surface area contributed by atoms with Crippen LogP contribution in [0.1, 0.15) is 25.7 Å². The van der Waals surface area contributed by atoms with E-state index in [1.165, 1.54) is 11.3 Å². The minimum atomic E-state index is -0.740. The summed E-state index contributed by atoms with van der Waals surface area (Å²) in [5.41, 5.74) is 0. The Labute approximate surface area is 118 Å². The van der Waals surface area contributed by atoms with Crippen molar-refractivity contribution in [2.75, 3.05) is 5.32 Å². The van der Waals surface area contributed by atoms with E-state index in [0.29, 0.717) is 25.7 Å². The molecule has 0 aromatic carbocycles. The fraction of sp³-hybridized carbons (Fsp3) is 0.500. The number of thiophene rings is 1. The average molecular weight is 332 g/mol. The second-order valence-corrected chi connectivity index (χ2v) is 6.94. The van der Waals surface area contributed by atoms with Gasteiger partial charge in [-0.2, -0.15) is 0 Å². The quantitative estimate of drug-likeness (QED) is 0.892. The Morgan fingerprint density at radius 1 is 1.22 bits per heavy atom. The van der Waals surface area contributed by atoms with Crippen LogP contribution in [0.3, 0.4) is 0 Å². The summed E-state index contributed by atoms with van der Waals surface area (Å²) in [5.74, 6) is -1.06. The van der Waals surface area contributed by atoms with Gasteiger partial charge in [0.25, 0.3) is 0 Å². The zero-order chi connectivity index (χ0) is 13.1. The first kappa shape index (κ1) is 13.5. The zero-order valence-electron chi connectivity index (χ0n) is 9.69. The molecule has 4 nitrogen and oxygen atoms in total. The molecule has 1 aliphatic rings. The first-order valence-corrected chi connectivity index (χ1v) is 7.46. The van der Waals surface area contributed by atoms with Crippen molar-refractivity contribution < 1.29 is 14.7 Å². The third kappa shape index (κ3) is 3.32. The van der Waals surface area contributed by atoms with E-state index in [1.54, 1.807) is 0 Å². The molecule has 0 bridgehead atoms. The summed E-state index contributed by atoms with van der Waals surface area (Å²) in [6.07, 6.45) is 2.52. The summed E-state index contributed by atoms with van der Waals surface area (Å²) in [6, 6.07) is 3.75. The van der Waals surface area contributed by atoms with Gasteiger partial charge in [0, 0.05) is 5.92 Å². The summed E-state index contributed by atoms with van der Waals surface area (Å²) < 4.78 is 0.979. The van der Waals surface area contributed by atoms with Crippen LogP contribution in [0.4, 0.5) is 5.00 Å². The fourth-order valence-electron chi connectivity index (χ4n) is 2.21. The number of amides is 1. The molecule has 0 aliphatic heterocycles. The average Bonchev–Trinajstić information content (AvgIpc) is 2.75. The molecule has 1 amide bonds. The molecule has 0 unspecified atom stereocenters. The number of hydrogen-bond donors (Lipinski definition) is 2. The van der Waals surface area contributed by atoms with Gasteiger partial charge in [-0.1, -0.05) is 0 Å². The Hall–Kier alpha value is -0.880. The van der Waals surface area contributed by atoms with Gasteiger partial charge in [-0.25, -0.2) is 0 Å². The van der Waals surface area contributed by atoms with Crippen molar-refractivity contribution >= 4 is 44.1 Å². The van der Waals surface area contributed by atoms with Crippen LogP contribution in [-0.4, -0.2) is 17.0 Å². The maximum absolute atomic E-state index is 12.0. The fourth-order valence-corrected chi connectivity index (χ4v) is 3.50. The molecule has 1 saturated carbocycles. The van der Waals surface area contributed by atoms with Crippen LogP contribution in [0.2, 0.25) is 0 Å². The Kier molecular flexibility index (Phi) is 4.40. The van der Waals surface area contributed by atoms with Gasteiger partial charge in [-0.15, -0.1) is 11.3 Å². The lowest BCUT2D eigenvalue weighted by atomic mass is 9.81. The maximum Gasteiger partial charge on any atom is 0.306 e. The molecule has 1 heterocycles. The predicted octanol–water partition coefficient (Wildman–Crippen LogP) is 3.34. The number of nitrogens with one attached hydrogen (secondary N) is 1. The highest BCUT2D eigenvalue weighted by atomic mass is 79.9. The summed E-state index contributed by atoms with van der Waals surface area (Å²) in [6.45, 7) is 0. The highest BCUT2D eigenvalue weighted by Crippen LogP contribution is 2.31. The predicted molar refractivity (Wildman–Crippen MR) is 73.7 cm³/mol. The van der Waals surface area contributed by atoms with Crippen LogP contribution in [-0.2, 0) is 9.59 Å². The van der Waals surface area contributed by atoms with Crippen LogP contribution in [0.15, 0.2) is 15.9 Å². The number of carboxylic acids is 1. The van der Waals surface area contributed by atoms with Gasteiger partial charge in [0.2, 0.25) is 5.91 Å². The lowest BCUT2D eigenvalue weighted by Crippen LogP contribution is -2.29. The highest BCUT2D eigenvalue weighted by Gasteiger charge is 2.29. The van der Waals surface area contributed by atoms with Crippen molar-refractivity contribution in [3.63, 3.8) is 0 Å². The van der Waals surface area contributed by atoms with Crippen LogP contribution in [0.25, 0.3) is 0 Å². The molecule has 6 heteroatoms. The Morgan fingerprint density at radius 3 is 2.33 bits per heavy atom. The minimum absolute atomic E-state index is 0.00758.